The molecule has 0 amide bonds. The van der Waals surface area contributed by atoms with Gasteiger partial charge in [0.1, 0.15) is 4.75 Å². The zero-order chi connectivity index (χ0) is 9.95. The molecule has 0 aliphatic heterocycles. The Hall–Kier alpha value is -0.610. The normalized spacial score (nSPS) is 27.8. The fraction of sp³-hybridized carbons (Fsp3) is 0.556. The van der Waals surface area contributed by atoms with Gasteiger partial charge in [-0.2, -0.15) is 8.42 Å². The van der Waals surface area contributed by atoms with Crippen molar-refractivity contribution in [2.45, 2.75) is 25.0 Å². The number of allylic oxidation sites excluding steroid dienone is 3. The third-order valence-electron chi connectivity index (χ3n) is 2.06. The van der Waals surface area contributed by atoms with Crippen molar-refractivity contribution in [1.29, 1.82) is 0 Å². The lowest BCUT2D eigenvalue weighted by Gasteiger charge is -2.25. The SMILES string of the molecule is CCOS(=O)(=O)C1(C)C=CC=CC1. The largest absolute Gasteiger partial charge is 0.276 e. The molecule has 0 fully saturated rings. The Morgan fingerprint density at radius 2 is 2.15 bits per heavy atom. The Labute approximate surface area is 79.2 Å². The second kappa shape index (κ2) is 3.64. The van der Waals surface area contributed by atoms with Gasteiger partial charge in [-0.25, -0.2) is 0 Å². The molecular formula is C9H14O3S. The molecule has 1 aliphatic carbocycles. The predicted octanol–water partition coefficient (Wildman–Crippen LogP) is 1.63. The van der Waals surface area contributed by atoms with Crippen LogP contribution in [0.15, 0.2) is 24.3 Å². The lowest BCUT2D eigenvalue weighted by Crippen LogP contribution is -2.35. The molecule has 0 heterocycles. The van der Waals surface area contributed by atoms with Gasteiger partial charge in [0, 0.05) is 0 Å². The quantitative estimate of drug-likeness (QED) is 0.653. The van der Waals surface area contributed by atoms with E-state index in [1.165, 1.54) is 0 Å². The molecule has 0 bridgehead atoms. The average Bonchev–Trinajstić information content (AvgIpc) is 2.05. The smallest absolute Gasteiger partial charge is 0.270 e. The van der Waals surface area contributed by atoms with Gasteiger partial charge in [0.15, 0.2) is 0 Å². The molecular weight excluding hydrogens is 188 g/mol. The Morgan fingerprint density at radius 1 is 1.46 bits per heavy atom. The van der Waals surface area contributed by atoms with Crippen LogP contribution in [-0.2, 0) is 14.3 Å². The van der Waals surface area contributed by atoms with Crippen molar-refractivity contribution in [3.8, 4) is 0 Å². The first-order valence-corrected chi connectivity index (χ1v) is 5.66. The summed E-state index contributed by atoms with van der Waals surface area (Å²) in [6.07, 6.45) is 7.55. The standard InChI is InChI=1S/C9H14O3S/c1-3-12-13(10,11)9(2)7-5-4-6-8-9/h4-7H,3,8H2,1-2H3. The van der Waals surface area contributed by atoms with Gasteiger partial charge in [0.25, 0.3) is 10.1 Å². The average molecular weight is 202 g/mol. The zero-order valence-corrected chi connectivity index (χ0v) is 8.67. The molecule has 3 nitrogen and oxygen atoms in total. The van der Waals surface area contributed by atoms with E-state index >= 15 is 0 Å². The van der Waals surface area contributed by atoms with Crippen molar-refractivity contribution in [2.75, 3.05) is 6.61 Å². The minimum Gasteiger partial charge on any atom is -0.270 e. The van der Waals surface area contributed by atoms with E-state index in [1.807, 2.05) is 12.2 Å². The van der Waals surface area contributed by atoms with E-state index in [9.17, 15) is 8.42 Å². The summed E-state index contributed by atoms with van der Waals surface area (Å²) in [5, 5.41) is 0. The fourth-order valence-corrected chi connectivity index (χ4v) is 2.31. The van der Waals surface area contributed by atoms with Crippen LogP contribution in [0.5, 0.6) is 0 Å². The van der Waals surface area contributed by atoms with Crippen molar-refractivity contribution in [3.63, 3.8) is 0 Å². The zero-order valence-electron chi connectivity index (χ0n) is 7.86. The van der Waals surface area contributed by atoms with E-state index < -0.39 is 14.9 Å². The summed E-state index contributed by atoms with van der Waals surface area (Å²) < 4.78 is 27.1. The van der Waals surface area contributed by atoms with Gasteiger partial charge in [-0.05, 0) is 20.3 Å². The molecule has 0 N–H and O–H groups in total. The number of hydrogen-bond donors (Lipinski definition) is 0. The van der Waals surface area contributed by atoms with Crippen LogP contribution in [0.3, 0.4) is 0 Å². The van der Waals surface area contributed by atoms with Gasteiger partial charge in [-0.15, -0.1) is 0 Å². The van der Waals surface area contributed by atoms with Crippen LogP contribution >= 0.6 is 0 Å². The van der Waals surface area contributed by atoms with E-state index in [4.69, 9.17) is 4.18 Å². The molecule has 4 heteroatoms. The Morgan fingerprint density at radius 3 is 2.62 bits per heavy atom. The molecule has 74 valence electrons. The predicted molar refractivity (Wildman–Crippen MR) is 51.8 cm³/mol. The molecule has 0 radical (unpaired) electrons. The molecule has 13 heavy (non-hydrogen) atoms. The first kappa shape index (κ1) is 10.5. The third kappa shape index (κ3) is 2.00. The highest BCUT2D eigenvalue weighted by atomic mass is 32.2. The topological polar surface area (TPSA) is 43.4 Å². The molecule has 0 saturated carbocycles. The minimum atomic E-state index is -3.47. The second-order valence-electron chi connectivity index (χ2n) is 3.16. The van der Waals surface area contributed by atoms with Gasteiger partial charge in [-0.1, -0.05) is 24.3 Å². The van der Waals surface area contributed by atoms with Gasteiger partial charge in [0.05, 0.1) is 6.61 Å². The highest BCUT2D eigenvalue weighted by Crippen LogP contribution is 2.27. The summed E-state index contributed by atoms with van der Waals surface area (Å²) in [6.45, 7) is 3.52. The van der Waals surface area contributed by atoms with Crippen LogP contribution in [0.4, 0.5) is 0 Å². The first-order chi connectivity index (χ1) is 6.02. The van der Waals surface area contributed by atoms with Crippen molar-refractivity contribution in [1.82, 2.24) is 0 Å². The summed E-state index contributed by atoms with van der Waals surface area (Å²) in [6, 6.07) is 0. The minimum absolute atomic E-state index is 0.190. The van der Waals surface area contributed by atoms with Crippen molar-refractivity contribution >= 4 is 10.1 Å². The second-order valence-corrected chi connectivity index (χ2v) is 5.24. The Balaban J connectivity index is 2.93. The highest BCUT2D eigenvalue weighted by molar-refractivity contribution is 7.88. The molecule has 0 saturated heterocycles. The van der Waals surface area contributed by atoms with Crippen molar-refractivity contribution in [3.05, 3.63) is 24.3 Å². The Kier molecular flexibility index (Phi) is 2.93. The molecule has 1 unspecified atom stereocenters. The summed E-state index contributed by atoms with van der Waals surface area (Å²) in [7, 11) is -3.47. The van der Waals surface area contributed by atoms with E-state index in [1.54, 1.807) is 26.0 Å². The molecule has 1 aliphatic rings. The summed E-state index contributed by atoms with van der Waals surface area (Å²) in [5.41, 5.74) is 0. The van der Waals surface area contributed by atoms with Crippen LogP contribution in [-0.4, -0.2) is 19.8 Å². The van der Waals surface area contributed by atoms with Crippen LogP contribution < -0.4 is 0 Å². The molecule has 1 rings (SSSR count). The maximum absolute atomic E-state index is 11.6. The van der Waals surface area contributed by atoms with E-state index in [-0.39, 0.29) is 6.61 Å². The number of rotatable bonds is 3. The van der Waals surface area contributed by atoms with E-state index in [0.29, 0.717) is 6.42 Å². The summed E-state index contributed by atoms with van der Waals surface area (Å²) >= 11 is 0. The van der Waals surface area contributed by atoms with Crippen LogP contribution in [0, 0.1) is 0 Å². The van der Waals surface area contributed by atoms with Crippen LogP contribution in [0.25, 0.3) is 0 Å². The third-order valence-corrected chi connectivity index (χ3v) is 4.05. The van der Waals surface area contributed by atoms with Crippen LogP contribution in [0.2, 0.25) is 0 Å². The molecule has 0 spiro atoms. The maximum Gasteiger partial charge on any atom is 0.276 e. The molecule has 0 aromatic carbocycles. The van der Waals surface area contributed by atoms with E-state index in [0.717, 1.165) is 0 Å². The van der Waals surface area contributed by atoms with Crippen LogP contribution in [0.1, 0.15) is 20.3 Å². The van der Waals surface area contributed by atoms with Gasteiger partial charge >= 0.3 is 0 Å². The monoisotopic (exact) mass is 202 g/mol. The number of hydrogen-bond acceptors (Lipinski definition) is 3. The molecule has 0 aromatic rings. The summed E-state index contributed by atoms with van der Waals surface area (Å²) in [5.74, 6) is 0. The lowest BCUT2D eigenvalue weighted by molar-refractivity contribution is 0.324. The Bertz CT molecular complexity index is 327. The first-order valence-electron chi connectivity index (χ1n) is 4.25. The van der Waals surface area contributed by atoms with Crippen molar-refractivity contribution < 1.29 is 12.6 Å². The summed E-state index contributed by atoms with van der Waals surface area (Å²) in [4.78, 5) is 0. The fourth-order valence-electron chi connectivity index (χ4n) is 1.18. The van der Waals surface area contributed by atoms with Gasteiger partial charge in [0.2, 0.25) is 0 Å². The molecule has 1 atom stereocenters. The lowest BCUT2D eigenvalue weighted by atomic mass is 10.0. The van der Waals surface area contributed by atoms with Gasteiger partial charge < -0.3 is 0 Å². The molecule has 0 aromatic heterocycles. The van der Waals surface area contributed by atoms with E-state index in [2.05, 4.69) is 0 Å². The van der Waals surface area contributed by atoms with Gasteiger partial charge in [-0.3, -0.25) is 4.18 Å². The van der Waals surface area contributed by atoms with Crippen molar-refractivity contribution in [2.24, 2.45) is 0 Å². The maximum atomic E-state index is 11.6. The highest BCUT2D eigenvalue weighted by Gasteiger charge is 2.37.